The first-order valence-electron chi connectivity index (χ1n) is 10.2. The zero-order valence-corrected chi connectivity index (χ0v) is 18.7. The van der Waals surface area contributed by atoms with Crippen molar-refractivity contribution in [2.75, 3.05) is 55.0 Å². The van der Waals surface area contributed by atoms with Gasteiger partial charge < -0.3 is 14.7 Å². The Balaban J connectivity index is 1.60. The van der Waals surface area contributed by atoms with Crippen LogP contribution in [-0.2, 0) is 6.18 Å². The van der Waals surface area contributed by atoms with Gasteiger partial charge in [0, 0.05) is 58.1 Å². The lowest BCUT2D eigenvalue weighted by molar-refractivity contribution is -0.137. The van der Waals surface area contributed by atoms with Crippen LogP contribution < -0.4 is 14.7 Å². The van der Waals surface area contributed by atoms with Gasteiger partial charge in [-0.1, -0.05) is 11.6 Å². The molecule has 2 aromatic heterocycles. The first-order chi connectivity index (χ1) is 15.6. The zero-order chi connectivity index (χ0) is 23.8. The first kappa shape index (κ1) is 23.0. The van der Waals surface area contributed by atoms with Crippen molar-refractivity contribution < 1.29 is 17.6 Å². The Labute approximate surface area is 193 Å². The molecule has 0 radical (unpaired) electrons. The highest BCUT2D eigenvalue weighted by atomic mass is 35.5. The van der Waals surface area contributed by atoms with Crippen LogP contribution in [0.1, 0.15) is 5.56 Å². The maximum absolute atomic E-state index is 13.6. The van der Waals surface area contributed by atoms with Crippen LogP contribution in [0.4, 0.5) is 35.1 Å². The van der Waals surface area contributed by atoms with E-state index in [1.165, 1.54) is 24.4 Å². The van der Waals surface area contributed by atoms with E-state index in [1.54, 1.807) is 36.0 Å². The van der Waals surface area contributed by atoms with Crippen LogP contribution >= 0.6 is 11.6 Å². The Morgan fingerprint density at radius 2 is 1.67 bits per heavy atom. The van der Waals surface area contributed by atoms with Crippen molar-refractivity contribution in [2.45, 2.75) is 6.18 Å². The maximum atomic E-state index is 13.6. The molecule has 0 amide bonds. The summed E-state index contributed by atoms with van der Waals surface area (Å²) in [4.78, 5) is 18.5. The molecule has 3 aromatic rings. The van der Waals surface area contributed by atoms with Crippen molar-refractivity contribution in [2.24, 2.45) is 0 Å². The molecule has 0 atom stereocenters. The van der Waals surface area contributed by atoms with Crippen molar-refractivity contribution in [1.29, 1.82) is 0 Å². The largest absolute Gasteiger partial charge is 0.419 e. The van der Waals surface area contributed by atoms with Crippen LogP contribution in [0, 0.1) is 5.82 Å². The average Bonchev–Trinajstić information content (AvgIpc) is 2.80. The number of anilines is 3. The van der Waals surface area contributed by atoms with E-state index >= 15 is 0 Å². The predicted octanol–water partition coefficient (Wildman–Crippen LogP) is 4.74. The number of hydrogen-bond acceptors (Lipinski definition) is 6. The monoisotopic (exact) mass is 480 g/mol. The van der Waals surface area contributed by atoms with Gasteiger partial charge in [-0.3, -0.25) is 0 Å². The van der Waals surface area contributed by atoms with Crippen molar-refractivity contribution in [1.82, 2.24) is 15.0 Å². The van der Waals surface area contributed by atoms with Crippen LogP contribution in [0.25, 0.3) is 11.3 Å². The minimum atomic E-state index is -4.47. The Bertz CT molecular complexity index is 1150. The number of rotatable bonds is 4. The third-order valence-corrected chi connectivity index (χ3v) is 5.60. The summed E-state index contributed by atoms with van der Waals surface area (Å²) in [6, 6.07) is 8.47. The summed E-state index contributed by atoms with van der Waals surface area (Å²) in [5.74, 6) is 0.490. The van der Waals surface area contributed by atoms with Gasteiger partial charge in [0.2, 0.25) is 5.95 Å². The minimum absolute atomic E-state index is 0.0106. The summed E-state index contributed by atoms with van der Waals surface area (Å²) in [7, 11) is 3.61. The highest BCUT2D eigenvalue weighted by molar-refractivity contribution is 6.31. The molecule has 174 valence electrons. The molecule has 3 heterocycles. The number of benzene rings is 1. The second-order valence-electron chi connectivity index (χ2n) is 7.78. The van der Waals surface area contributed by atoms with E-state index in [2.05, 4.69) is 15.0 Å². The molecule has 1 aliphatic rings. The predicted molar refractivity (Wildman–Crippen MR) is 120 cm³/mol. The lowest BCUT2D eigenvalue weighted by Crippen LogP contribution is -2.47. The second kappa shape index (κ2) is 9.01. The number of hydrogen-bond donors (Lipinski definition) is 0. The Hall–Kier alpha value is -3.14. The van der Waals surface area contributed by atoms with E-state index in [0.29, 0.717) is 49.2 Å². The molecule has 6 nitrogen and oxygen atoms in total. The van der Waals surface area contributed by atoms with Gasteiger partial charge in [-0.05, 0) is 30.3 Å². The molecule has 1 aromatic carbocycles. The number of pyridine rings is 1. The van der Waals surface area contributed by atoms with E-state index in [1.807, 2.05) is 4.90 Å². The lowest BCUT2D eigenvalue weighted by atomic mass is 10.1. The minimum Gasteiger partial charge on any atom is -0.353 e. The molecule has 0 unspecified atom stereocenters. The van der Waals surface area contributed by atoms with Crippen LogP contribution in [0.15, 0.2) is 42.6 Å². The van der Waals surface area contributed by atoms with E-state index < -0.39 is 17.6 Å². The number of piperazine rings is 1. The number of nitrogens with zero attached hydrogens (tertiary/aromatic N) is 6. The van der Waals surface area contributed by atoms with Gasteiger partial charge in [-0.2, -0.15) is 18.2 Å². The summed E-state index contributed by atoms with van der Waals surface area (Å²) in [6.45, 7) is 1.58. The van der Waals surface area contributed by atoms with Crippen molar-refractivity contribution in [3.05, 3.63) is 59.0 Å². The number of halogens is 5. The topological polar surface area (TPSA) is 48.4 Å². The smallest absolute Gasteiger partial charge is 0.353 e. The molecule has 0 spiro atoms. The van der Waals surface area contributed by atoms with Crippen LogP contribution in [0.5, 0.6) is 0 Å². The van der Waals surface area contributed by atoms with Gasteiger partial charge in [-0.25, -0.2) is 14.4 Å². The molecule has 0 bridgehead atoms. The molecule has 1 saturated heterocycles. The highest BCUT2D eigenvalue weighted by Crippen LogP contribution is 2.36. The molecular weight excluding hydrogens is 460 g/mol. The highest BCUT2D eigenvalue weighted by Gasteiger charge is 2.36. The zero-order valence-electron chi connectivity index (χ0n) is 17.9. The van der Waals surface area contributed by atoms with Crippen molar-refractivity contribution in [3.8, 4) is 11.3 Å². The van der Waals surface area contributed by atoms with Crippen LogP contribution in [-0.4, -0.2) is 55.2 Å². The van der Waals surface area contributed by atoms with E-state index in [-0.39, 0.29) is 10.8 Å². The summed E-state index contributed by atoms with van der Waals surface area (Å²) in [5, 5.41) is -0.0106. The van der Waals surface area contributed by atoms with Gasteiger partial charge in [0.15, 0.2) is 0 Å². The molecule has 1 aliphatic heterocycles. The van der Waals surface area contributed by atoms with Gasteiger partial charge in [0.1, 0.15) is 17.5 Å². The molecule has 11 heteroatoms. The Morgan fingerprint density at radius 1 is 0.970 bits per heavy atom. The summed E-state index contributed by atoms with van der Waals surface area (Å²) < 4.78 is 53.8. The molecule has 0 N–H and O–H groups in total. The fourth-order valence-corrected chi connectivity index (χ4v) is 3.79. The average molecular weight is 481 g/mol. The molecule has 33 heavy (non-hydrogen) atoms. The number of alkyl halides is 3. The van der Waals surface area contributed by atoms with Gasteiger partial charge in [0.05, 0.1) is 16.3 Å². The van der Waals surface area contributed by atoms with Crippen LogP contribution in [0.3, 0.4) is 0 Å². The van der Waals surface area contributed by atoms with Gasteiger partial charge >= 0.3 is 6.18 Å². The first-order valence-corrected chi connectivity index (χ1v) is 10.5. The fourth-order valence-electron chi connectivity index (χ4n) is 3.60. The molecule has 0 aliphatic carbocycles. The second-order valence-corrected chi connectivity index (χ2v) is 8.19. The maximum Gasteiger partial charge on any atom is 0.419 e. The van der Waals surface area contributed by atoms with E-state index in [9.17, 15) is 17.6 Å². The molecule has 1 fully saturated rings. The summed E-state index contributed by atoms with van der Waals surface area (Å²) in [5.41, 5.74) is 0.457. The summed E-state index contributed by atoms with van der Waals surface area (Å²) in [6.07, 6.45) is -3.11. The van der Waals surface area contributed by atoms with Crippen LogP contribution in [0.2, 0.25) is 5.02 Å². The Morgan fingerprint density at radius 3 is 2.30 bits per heavy atom. The van der Waals surface area contributed by atoms with Gasteiger partial charge in [0.25, 0.3) is 0 Å². The fraction of sp³-hybridized carbons (Fsp3) is 0.318. The normalized spacial score (nSPS) is 14.5. The SMILES string of the molecule is CN(C)c1nc(-c2ccc(F)c(Cl)c2)cc(N2CCN(c3ncccc3C(F)(F)F)CC2)n1. The van der Waals surface area contributed by atoms with E-state index in [0.717, 1.165) is 6.07 Å². The number of aromatic nitrogens is 3. The standard InChI is InChI=1S/C22H21ClF4N6/c1-31(2)21-29-18(14-5-6-17(24)16(23)12-14)13-19(30-21)32-8-10-33(11-9-32)20-15(22(25,26)27)4-3-7-28-20/h3-7,12-13H,8-11H2,1-2H3. The summed E-state index contributed by atoms with van der Waals surface area (Å²) >= 11 is 5.94. The Kier molecular flexibility index (Phi) is 6.29. The molecular formula is C22H21ClF4N6. The third kappa shape index (κ3) is 4.95. The van der Waals surface area contributed by atoms with Gasteiger partial charge in [-0.15, -0.1) is 0 Å². The van der Waals surface area contributed by atoms with E-state index in [4.69, 9.17) is 11.6 Å². The molecule has 0 saturated carbocycles. The molecule has 4 rings (SSSR count). The lowest BCUT2D eigenvalue weighted by Gasteiger charge is -2.37. The quantitative estimate of drug-likeness (QED) is 0.503. The van der Waals surface area contributed by atoms with Crippen molar-refractivity contribution >= 4 is 29.2 Å². The van der Waals surface area contributed by atoms with Crippen molar-refractivity contribution in [3.63, 3.8) is 0 Å². The third-order valence-electron chi connectivity index (χ3n) is 5.31.